The van der Waals surface area contributed by atoms with Gasteiger partial charge in [0.15, 0.2) is 0 Å². The fourth-order valence-corrected chi connectivity index (χ4v) is 4.81. The van der Waals surface area contributed by atoms with Gasteiger partial charge in [0.25, 0.3) is 0 Å². The van der Waals surface area contributed by atoms with E-state index in [0.717, 1.165) is 12.5 Å². The van der Waals surface area contributed by atoms with Gasteiger partial charge in [0, 0.05) is 25.9 Å². The molecule has 0 aliphatic rings. The molecule has 2 N–H and O–H groups in total. The Morgan fingerprint density at radius 2 is 1.05 bits per heavy atom. The molecule has 0 radical (unpaired) electrons. The Hall–Kier alpha value is 0.0569. The summed E-state index contributed by atoms with van der Waals surface area (Å²) in [7, 11) is -2.36. The summed E-state index contributed by atoms with van der Waals surface area (Å²) in [5, 5.41) is 0. The quantitative estimate of drug-likeness (QED) is 0.385. The zero-order valence-corrected chi connectivity index (χ0v) is 14.3. The Morgan fingerprint density at radius 3 is 1.47 bits per heavy atom. The summed E-state index contributed by atoms with van der Waals surface area (Å²) in [4.78, 5) is 0. The van der Waals surface area contributed by atoms with Crippen molar-refractivity contribution in [2.24, 2.45) is 0 Å². The van der Waals surface area contributed by atoms with Gasteiger partial charge in [0.1, 0.15) is 0 Å². The van der Waals surface area contributed by atoms with E-state index in [0.29, 0.717) is 19.8 Å². The maximum atomic E-state index is 5.83. The van der Waals surface area contributed by atoms with Crippen molar-refractivity contribution < 1.29 is 18.8 Å². The van der Waals surface area contributed by atoms with Crippen LogP contribution in [0.3, 0.4) is 0 Å². The highest BCUT2D eigenvalue weighted by atomic mass is 28.4. The lowest BCUT2D eigenvalue weighted by molar-refractivity contribution is 0.0706. The minimum absolute atomic E-state index is 0. The molecular weight excluding hydrogens is 260 g/mol. The molecule has 0 fully saturated rings. The van der Waals surface area contributed by atoms with Gasteiger partial charge >= 0.3 is 8.80 Å². The predicted octanol–water partition coefficient (Wildman–Crippen LogP) is 3.57. The summed E-state index contributed by atoms with van der Waals surface area (Å²) in [6.45, 7) is 10.3. The van der Waals surface area contributed by atoms with E-state index >= 15 is 0 Å². The lowest BCUT2D eigenvalue weighted by atomic mass is 10.1. The Labute approximate surface area is 120 Å². The first kappa shape index (κ1) is 21.4. The van der Waals surface area contributed by atoms with E-state index < -0.39 is 8.80 Å². The van der Waals surface area contributed by atoms with Gasteiger partial charge in [-0.2, -0.15) is 0 Å². The average Bonchev–Trinajstić information content (AvgIpc) is 2.35. The minimum Gasteiger partial charge on any atom is -0.412 e. The zero-order chi connectivity index (χ0) is 13.7. The molecule has 0 aliphatic heterocycles. The Balaban J connectivity index is 0. The first-order valence-electron chi connectivity index (χ1n) is 7.66. The highest BCUT2D eigenvalue weighted by Gasteiger charge is 2.39. The number of hydrogen-bond donors (Lipinski definition) is 0. The molecule has 0 unspecified atom stereocenters. The molecule has 4 nitrogen and oxygen atoms in total. The maximum Gasteiger partial charge on any atom is 0.500 e. The number of rotatable bonds is 13. The van der Waals surface area contributed by atoms with Gasteiger partial charge in [0.05, 0.1) is 0 Å². The van der Waals surface area contributed by atoms with Crippen LogP contribution >= 0.6 is 0 Å². The molecule has 0 heterocycles. The molecule has 0 rings (SSSR count). The van der Waals surface area contributed by atoms with Crippen molar-refractivity contribution in [3.05, 3.63) is 0 Å². The predicted molar refractivity (Wildman–Crippen MR) is 82.4 cm³/mol. The molecule has 0 aromatic heterocycles. The van der Waals surface area contributed by atoms with E-state index in [9.17, 15) is 0 Å². The van der Waals surface area contributed by atoms with Gasteiger partial charge in [-0.05, 0) is 27.2 Å². The van der Waals surface area contributed by atoms with Gasteiger partial charge in [-0.15, -0.1) is 0 Å². The second-order valence-corrected chi connectivity index (χ2v) is 7.23. The molecule has 0 spiro atoms. The van der Waals surface area contributed by atoms with Crippen LogP contribution in [0.1, 0.15) is 66.2 Å². The minimum atomic E-state index is -2.36. The molecule has 5 heteroatoms. The van der Waals surface area contributed by atoms with Gasteiger partial charge in [-0.3, -0.25) is 0 Å². The van der Waals surface area contributed by atoms with Crippen molar-refractivity contribution in [1.29, 1.82) is 0 Å². The molecule has 118 valence electrons. The molecule has 0 bridgehead atoms. The third kappa shape index (κ3) is 10.5. The van der Waals surface area contributed by atoms with Crippen LogP contribution in [0.5, 0.6) is 0 Å². The van der Waals surface area contributed by atoms with E-state index in [2.05, 4.69) is 6.92 Å². The summed E-state index contributed by atoms with van der Waals surface area (Å²) in [6, 6.07) is 0.967. The van der Waals surface area contributed by atoms with Crippen LogP contribution in [0.15, 0.2) is 0 Å². The molecule has 0 aliphatic carbocycles. The first-order chi connectivity index (χ1) is 8.74. The van der Waals surface area contributed by atoms with Crippen molar-refractivity contribution >= 4 is 8.80 Å². The normalized spacial score (nSPS) is 11.4. The maximum absolute atomic E-state index is 5.83. The van der Waals surface area contributed by atoms with Crippen molar-refractivity contribution in [3.8, 4) is 0 Å². The molecule has 0 atom stereocenters. The molecule has 0 aromatic rings. The lowest BCUT2D eigenvalue weighted by Crippen LogP contribution is -2.45. The van der Waals surface area contributed by atoms with Crippen LogP contribution in [0.25, 0.3) is 0 Å². The smallest absolute Gasteiger partial charge is 0.412 e. The van der Waals surface area contributed by atoms with Crippen LogP contribution in [0, 0.1) is 0 Å². The summed E-state index contributed by atoms with van der Waals surface area (Å²) < 4.78 is 17.5. The van der Waals surface area contributed by atoms with Gasteiger partial charge in [-0.25, -0.2) is 0 Å². The number of hydrogen-bond acceptors (Lipinski definition) is 3. The number of unbranched alkanes of at least 4 members (excludes halogenated alkanes) is 5. The topological polar surface area (TPSA) is 59.2 Å². The lowest BCUT2D eigenvalue weighted by Gasteiger charge is -2.28. The van der Waals surface area contributed by atoms with Crippen molar-refractivity contribution in [3.63, 3.8) is 0 Å². The summed E-state index contributed by atoms with van der Waals surface area (Å²) >= 11 is 0. The third-order valence-electron chi connectivity index (χ3n) is 2.93. The van der Waals surface area contributed by atoms with Crippen molar-refractivity contribution in [2.45, 2.75) is 72.3 Å². The van der Waals surface area contributed by atoms with Crippen LogP contribution in [-0.4, -0.2) is 34.1 Å². The van der Waals surface area contributed by atoms with Crippen LogP contribution in [-0.2, 0) is 13.3 Å². The van der Waals surface area contributed by atoms with E-state index in [1.807, 2.05) is 20.8 Å². The van der Waals surface area contributed by atoms with E-state index in [-0.39, 0.29) is 5.48 Å². The van der Waals surface area contributed by atoms with Crippen LogP contribution < -0.4 is 0 Å². The van der Waals surface area contributed by atoms with Gasteiger partial charge in [-0.1, -0.05) is 39.0 Å². The monoisotopic (exact) mass is 294 g/mol. The highest BCUT2D eigenvalue weighted by Crippen LogP contribution is 2.20. The van der Waals surface area contributed by atoms with E-state index in [4.69, 9.17) is 13.3 Å². The Kier molecular flexibility index (Phi) is 16.3. The second-order valence-electron chi connectivity index (χ2n) is 4.50. The Bertz CT molecular complexity index is 162. The second kappa shape index (κ2) is 14.5. The SMILES string of the molecule is CCCCCCCC[Si](OCC)(OCC)OCC.O. The average molecular weight is 295 g/mol. The largest absolute Gasteiger partial charge is 0.500 e. The van der Waals surface area contributed by atoms with Crippen LogP contribution in [0.4, 0.5) is 0 Å². The van der Waals surface area contributed by atoms with E-state index in [1.54, 1.807) is 0 Å². The molecule has 0 aromatic carbocycles. The molecule has 0 saturated carbocycles. The first-order valence-corrected chi connectivity index (χ1v) is 9.59. The van der Waals surface area contributed by atoms with Gasteiger partial charge < -0.3 is 18.8 Å². The zero-order valence-electron chi connectivity index (χ0n) is 13.3. The molecule has 0 amide bonds. The van der Waals surface area contributed by atoms with Crippen molar-refractivity contribution in [2.75, 3.05) is 19.8 Å². The summed E-state index contributed by atoms with van der Waals surface area (Å²) in [5.41, 5.74) is 0. The molecule has 19 heavy (non-hydrogen) atoms. The fraction of sp³-hybridized carbons (Fsp3) is 1.00. The summed E-state index contributed by atoms with van der Waals surface area (Å²) in [6.07, 6.45) is 7.75. The van der Waals surface area contributed by atoms with Crippen molar-refractivity contribution in [1.82, 2.24) is 0 Å². The van der Waals surface area contributed by atoms with Crippen LogP contribution in [0.2, 0.25) is 6.04 Å². The standard InChI is InChI=1S/C14H32O3Si.H2O/c1-5-9-10-11-12-13-14-18(15-6-2,16-7-3)17-8-4;/h5-14H2,1-4H3;1H2. The highest BCUT2D eigenvalue weighted by molar-refractivity contribution is 6.60. The Morgan fingerprint density at radius 1 is 0.632 bits per heavy atom. The third-order valence-corrected chi connectivity index (χ3v) is 6.08. The summed E-state index contributed by atoms with van der Waals surface area (Å²) in [5.74, 6) is 0. The fourth-order valence-electron chi connectivity index (χ4n) is 2.12. The van der Waals surface area contributed by atoms with Gasteiger partial charge in [0.2, 0.25) is 0 Å². The molecular formula is C14H34O4Si. The van der Waals surface area contributed by atoms with E-state index in [1.165, 1.54) is 32.1 Å². The molecule has 0 saturated heterocycles.